The number of benzene rings is 1. The topological polar surface area (TPSA) is 86.9 Å². The van der Waals surface area contributed by atoms with Gasteiger partial charge in [0.2, 0.25) is 11.8 Å². The van der Waals surface area contributed by atoms with Gasteiger partial charge in [-0.25, -0.2) is 4.39 Å². The normalized spacial score (nSPS) is 10.4. The van der Waals surface area contributed by atoms with Gasteiger partial charge >= 0.3 is 0 Å². The Balaban J connectivity index is 1.60. The molecule has 7 heteroatoms. The molecule has 0 saturated heterocycles. The molecule has 0 aliphatic carbocycles. The molecule has 1 heterocycles. The Morgan fingerprint density at radius 3 is 2.42 bits per heavy atom. The Morgan fingerprint density at radius 2 is 1.79 bits per heavy atom. The summed E-state index contributed by atoms with van der Waals surface area (Å²) in [5.41, 5.74) is 1.32. The molecule has 0 saturated carbocycles. The maximum Gasteiger partial charge on any atom is 0.225 e. The fourth-order valence-electron chi connectivity index (χ4n) is 2.27. The zero-order valence-corrected chi connectivity index (χ0v) is 13.6. The van der Waals surface area contributed by atoms with E-state index in [2.05, 4.69) is 20.8 Å². The monoisotopic (exact) mass is 332 g/mol. The molecule has 0 spiro atoms. The SMILES string of the molecule is Cc1cc(F)ccc1NC(=O)CCCCCC(=O)Nc1ccn[nH]1. The third kappa shape index (κ3) is 5.83. The largest absolute Gasteiger partial charge is 0.326 e. The summed E-state index contributed by atoms with van der Waals surface area (Å²) in [5, 5.41) is 11.9. The zero-order valence-electron chi connectivity index (χ0n) is 13.6. The molecule has 0 unspecified atom stereocenters. The van der Waals surface area contributed by atoms with Gasteiger partial charge < -0.3 is 10.6 Å². The lowest BCUT2D eigenvalue weighted by molar-refractivity contribution is -0.116. The summed E-state index contributed by atoms with van der Waals surface area (Å²) in [5.74, 6) is 0.0743. The van der Waals surface area contributed by atoms with E-state index in [1.165, 1.54) is 12.1 Å². The number of aromatic nitrogens is 2. The van der Waals surface area contributed by atoms with Crippen molar-refractivity contribution in [3.63, 3.8) is 0 Å². The Labute approximate surface area is 139 Å². The summed E-state index contributed by atoms with van der Waals surface area (Å²) >= 11 is 0. The van der Waals surface area contributed by atoms with Crippen molar-refractivity contribution in [2.24, 2.45) is 0 Å². The van der Waals surface area contributed by atoms with Crippen LogP contribution in [0.4, 0.5) is 15.9 Å². The molecule has 3 N–H and O–H groups in total. The summed E-state index contributed by atoms with van der Waals surface area (Å²) in [4.78, 5) is 23.5. The fraction of sp³-hybridized carbons (Fsp3) is 0.353. The van der Waals surface area contributed by atoms with Gasteiger partial charge in [-0.2, -0.15) is 5.10 Å². The summed E-state index contributed by atoms with van der Waals surface area (Å²) in [6.45, 7) is 1.75. The van der Waals surface area contributed by atoms with Crippen LogP contribution in [0.3, 0.4) is 0 Å². The quantitative estimate of drug-likeness (QED) is 0.648. The highest BCUT2D eigenvalue weighted by Gasteiger charge is 2.07. The highest BCUT2D eigenvalue weighted by molar-refractivity contribution is 5.91. The molecule has 0 atom stereocenters. The van der Waals surface area contributed by atoms with Crippen LogP contribution in [0.5, 0.6) is 0 Å². The van der Waals surface area contributed by atoms with Gasteiger partial charge in [-0.3, -0.25) is 14.7 Å². The zero-order chi connectivity index (χ0) is 17.4. The van der Waals surface area contributed by atoms with Crippen molar-refractivity contribution < 1.29 is 14.0 Å². The van der Waals surface area contributed by atoms with Crippen molar-refractivity contribution in [3.8, 4) is 0 Å². The van der Waals surface area contributed by atoms with E-state index in [9.17, 15) is 14.0 Å². The van der Waals surface area contributed by atoms with Gasteiger partial charge in [0.05, 0.1) is 6.20 Å². The van der Waals surface area contributed by atoms with Gasteiger partial charge in [-0.1, -0.05) is 6.42 Å². The number of nitrogens with zero attached hydrogens (tertiary/aromatic N) is 1. The third-order valence-corrected chi connectivity index (χ3v) is 3.55. The average Bonchev–Trinajstić information content (AvgIpc) is 3.02. The van der Waals surface area contributed by atoms with Gasteiger partial charge in [0.15, 0.2) is 0 Å². The molecule has 0 bridgehead atoms. The molecule has 2 amide bonds. The van der Waals surface area contributed by atoms with Crippen molar-refractivity contribution in [2.45, 2.75) is 39.0 Å². The second kappa shape index (κ2) is 8.81. The molecule has 1 aromatic carbocycles. The predicted octanol–water partition coefficient (Wildman–Crippen LogP) is 3.38. The number of hydrogen-bond donors (Lipinski definition) is 3. The first-order valence-corrected chi connectivity index (χ1v) is 7.90. The molecule has 24 heavy (non-hydrogen) atoms. The number of anilines is 2. The summed E-state index contributed by atoms with van der Waals surface area (Å²) < 4.78 is 13.0. The number of hydrogen-bond acceptors (Lipinski definition) is 3. The van der Waals surface area contributed by atoms with Crippen LogP contribution in [0.15, 0.2) is 30.5 Å². The lowest BCUT2D eigenvalue weighted by Gasteiger charge is -2.08. The number of amides is 2. The molecular weight excluding hydrogens is 311 g/mol. The molecule has 0 radical (unpaired) electrons. The molecule has 6 nitrogen and oxygen atoms in total. The number of H-pyrrole nitrogens is 1. The van der Waals surface area contributed by atoms with Crippen molar-refractivity contribution in [3.05, 3.63) is 41.8 Å². The number of halogens is 1. The lowest BCUT2D eigenvalue weighted by atomic mass is 10.1. The van der Waals surface area contributed by atoms with Crippen LogP contribution in [0.2, 0.25) is 0 Å². The van der Waals surface area contributed by atoms with E-state index in [1.807, 2.05) is 0 Å². The van der Waals surface area contributed by atoms with Crippen LogP contribution in [-0.4, -0.2) is 22.0 Å². The average molecular weight is 332 g/mol. The van der Waals surface area contributed by atoms with Gasteiger partial charge in [-0.05, 0) is 43.5 Å². The molecule has 0 aliphatic heterocycles. The van der Waals surface area contributed by atoms with Crippen molar-refractivity contribution in [2.75, 3.05) is 10.6 Å². The lowest BCUT2D eigenvalue weighted by Crippen LogP contribution is -2.13. The summed E-state index contributed by atoms with van der Waals surface area (Å²) in [6, 6.07) is 5.94. The first-order valence-electron chi connectivity index (χ1n) is 7.90. The van der Waals surface area contributed by atoms with Crippen LogP contribution < -0.4 is 10.6 Å². The molecule has 0 fully saturated rings. The van der Waals surface area contributed by atoms with Crippen LogP contribution in [0.25, 0.3) is 0 Å². The van der Waals surface area contributed by atoms with Gasteiger partial charge in [0.25, 0.3) is 0 Å². The number of unbranched alkanes of at least 4 members (excludes halogenated alkanes) is 2. The fourth-order valence-corrected chi connectivity index (χ4v) is 2.27. The number of carbonyl (C=O) groups excluding carboxylic acids is 2. The van der Waals surface area contributed by atoms with Gasteiger partial charge in [0, 0.05) is 24.6 Å². The summed E-state index contributed by atoms with van der Waals surface area (Å²) in [7, 11) is 0. The van der Waals surface area contributed by atoms with E-state index in [-0.39, 0.29) is 17.6 Å². The standard InChI is InChI=1S/C17H21FN4O2/c1-12-11-13(18)7-8-14(12)20-16(23)5-3-2-4-6-17(24)21-15-9-10-19-22-15/h7-11H,2-6H2,1H3,(H,20,23)(H2,19,21,22,24). The highest BCUT2D eigenvalue weighted by atomic mass is 19.1. The molecule has 128 valence electrons. The van der Waals surface area contributed by atoms with E-state index in [0.717, 1.165) is 6.42 Å². The van der Waals surface area contributed by atoms with Crippen LogP contribution in [0.1, 0.15) is 37.7 Å². The second-order valence-electron chi connectivity index (χ2n) is 5.59. The van der Waals surface area contributed by atoms with E-state index in [4.69, 9.17) is 0 Å². The van der Waals surface area contributed by atoms with Gasteiger partial charge in [0.1, 0.15) is 11.6 Å². The van der Waals surface area contributed by atoms with Crippen LogP contribution in [-0.2, 0) is 9.59 Å². The number of aromatic amines is 1. The Bertz CT molecular complexity index is 686. The minimum Gasteiger partial charge on any atom is -0.326 e. The number of rotatable bonds is 8. The van der Waals surface area contributed by atoms with E-state index >= 15 is 0 Å². The summed E-state index contributed by atoms with van der Waals surface area (Å²) in [6.07, 6.45) is 4.53. The molecular formula is C17H21FN4O2. The smallest absolute Gasteiger partial charge is 0.225 e. The minimum absolute atomic E-state index is 0.0781. The number of nitrogens with one attached hydrogen (secondary N) is 3. The van der Waals surface area contributed by atoms with Crippen molar-refractivity contribution in [1.82, 2.24) is 10.2 Å². The Hall–Kier alpha value is -2.70. The first kappa shape index (κ1) is 17.7. The third-order valence-electron chi connectivity index (χ3n) is 3.55. The Morgan fingerprint density at radius 1 is 1.08 bits per heavy atom. The second-order valence-corrected chi connectivity index (χ2v) is 5.59. The molecule has 1 aromatic heterocycles. The molecule has 2 aromatic rings. The van der Waals surface area contributed by atoms with Crippen LogP contribution in [0, 0.1) is 12.7 Å². The van der Waals surface area contributed by atoms with Crippen molar-refractivity contribution in [1.29, 1.82) is 0 Å². The van der Waals surface area contributed by atoms with E-state index in [1.54, 1.807) is 25.3 Å². The number of aryl methyl sites for hydroxylation is 1. The van der Waals surface area contributed by atoms with Gasteiger partial charge in [-0.15, -0.1) is 0 Å². The maximum atomic E-state index is 13.0. The first-order chi connectivity index (χ1) is 11.5. The van der Waals surface area contributed by atoms with Crippen LogP contribution >= 0.6 is 0 Å². The predicted molar refractivity (Wildman–Crippen MR) is 90.1 cm³/mol. The Kier molecular flexibility index (Phi) is 6.48. The molecule has 0 aliphatic rings. The number of carbonyl (C=O) groups is 2. The minimum atomic E-state index is -0.320. The maximum absolute atomic E-state index is 13.0. The van der Waals surface area contributed by atoms with E-state index in [0.29, 0.717) is 42.8 Å². The molecule has 2 rings (SSSR count). The highest BCUT2D eigenvalue weighted by Crippen LogP contribution is 2.16. The van der Waals surface area contributed by atoms with E-state index < -0.39 is 0 Å². The van der Waals surface area contributed by atoms with Crippen molar-refractivity contribution >= 4 is 23.3 Å².